The highest BCUT2D eigenvalue weighted by Gasteiger charge is 2.61. The Balaban J connectivity index is 3.70. The largest absolute Gasteiger partial charge is 0.382 e. The lowest BCUT2D eigenvalue weighted by Gasteiger charge is -2.52. The molecule has 2 unspecified atom stereocenters. The summed E-state index contributed by atoms with van der Waals surface area (Å²) in [7, 11) is 0. The van der Waals surface area contributed by atoms with E-state index in [2.05, 4.69) is 65.0 Å². The molecule has 0 saturated carbocycles. The van der Waals surface area contributed by atoms with Crippen molar-refractivity contribution in [3.8, 4) is 0 Å². The van der Waals surface area contributed by atoms with E-state index in [1.54, 1.807) is 0 Å². The molecule has 36 heavy (non-hydrogen) atoms. The van der Waals surface area contributed by atoms with Gasteiger partial charge < -0.3 is 23.7 Å². The minimum absolute atomic E-state index is 0.0336. The van der Waals surface area contributed by atoms with Gasteiger partial charge in [-0.15, -0.1) is 0 Å². The van der Waals surface area contributed by atoms with Gasteiger partial charge in [-0.25, -0.2) is 0 Å². The second-order valence-electron chi connectivity index (χ2n) is 9.54. The van der Waals surface area contributed by atoms with Crippen molar-refractivity contribution in [2.45, 2.75) is 123 Å². The average molecular weight is 509 g/mol. The van der Waals surface area contributed by atoms with Crippen molar-refractivity contribution in [2.24, 2.45) is 0 Å². The highest BCUT2D eigenvalue weighted by molar-refractivity contribution is 5.25. The van der Waals surface area contributed by atoms with Crippen LogP contribution in [0.2, 0.25) is 0 Å². The van der Waals surface area contributed by atoms with Crippen molar-refractivity contribution in [1.82, 2.24) is 0 Å². The number of benzene rings is 1. The summed E-state index contributed by atoms with van der Waals surface area (Å²) in [5.74, 6) is -1.28. The van der Waals surface area contributed by atoms with Gasteiger partial charge in [0.05, 0.1) is 19.8 Å². The van der Waals surface area contributed by atoms with Gasteiger partial charge in [0.2, 0.25) is 0 Å². The third kappa shape index (κ3) is 10.1. The molecule has 0 aromatic heterocycles. The molecule has 5 heteroatoms. The van der Waals surface area contributed by atoms with E-state index in [9.17, 15) is 0 Å². The predicted molar refractivity (Wildman–Crippen MR) is 149 cm³/mol. The summed E-state index contributed by atoms with van der Waals surface area (Å²) in [5, 5.41) is 0. The van der Waals surface area contributed by atoms with Gasteiger partial charge in [-0.1, -0.05) is 90.1 Å². The molecule has 1 rings (SSSR count). The molecule has 0 N–H and O–H groups in total. The van der Waals surface area contributed by atoms with Gasteiger partial charge in [0.25, 0.3) is 0 Å². The van der Waals surface area contributed by atoms with E-state index in [0.29, 0.717) is 46.1 Å². The van der Waals surface area contributed by atoms with Crippen molar-refractivity contribution >= 4 is 0 Å². The molecule has 0 radical (unpaired) electrons. The van der Waals surface area contributed by atoms with E-state index >= 15 is 0 Å². The van der Waals surface area contributed by atoms with Crippen LogP contribution >= 0.6 is 0 Å². The lowest BCUT2D eigenvalue weighted by molar-refractivity contribution is -0.453. The Morgan fingerprint density at radius 1 is 0.611 bits per heavy atom. The number of hydrogen-bond donors (Lipinski definition) is 0. The van der Waals surface area contributed by atoms with Crippen LogP contribution in [0.15, 0.2) is 30.3 Å². The number of hydrogen-bond acceptors (Lipinski definition) is 5. The standard InChI is InChI=1S/C31H56O5/c1-7-13-14-15-19-22-29(28-20-17-16-18-21-28)30(33-12-6,23-27-32-11-5)31(34-24-8-2,35-25-9-3)36-26-10-4/h16-18,20-21,29H,7-15,19,22-27H2,1-6H3. The molecule has 0 spiro atoms. The van der Waals surface area contributed by atoms with Crippen LogP contribution in [0, 0.1) is 0 Å². The van der Waals surface area contributed by atoms with Gasteiger partial charge in [-0.2, -0.15) is 0 Å². The van der Waals surface area contributed by atoms with E-state index in [0.717, 1.165) is 32.1 Å². The fourth-order valence-electron chi connectivity index (χ4n) is 4.93. The van der Waals surface area contributed by atoms with Crippen LogP contribution in [0.25, 0.3) is 0 Å². The second-order valence-corrected chi connectivity index (χ2v) is 9.54. The topological polar surface area (TPSA) is 46.2 Å². The lowest BCUT2D eigenvalue weighted by Crippen LogP contribution is -2.64. The van der Waals surface area contributed by atoms with Gasteiger partial charge >= 0.3 is 5.97 Å². The Morgan fingerprint density at radius 2 is 1.19 bits per heavy atom. The van der Waals surface area contributed by atoms with Crippen molar-refractivity contribution in [2.75, 3.05) is 39.6 Å². The summed E-state index contributed by atoms with van der Waals surface area (Å²) < 4.78 is 32.8. The van der Waals surface area contributed by atoms with Gasteiger partial charge in [-0.05, 0) is 45.1 Å². The maximum atomic E-state index is 6.87. The third-order valence-electron chi connectivity index (χ3n) is 6.59. The molecule has 1 aromatic rings. The molecule has 0 saturated heterocycles. The van der Waals surface area contributed by atoms with E-state index in [1.165, 1.54) is 31.2 Å². The zero-order chi connectivity index (χ0) is 26.5. The van der Waals surface area contributed by atoms with E-state index in [1.807, 2.05) is 6.92 Å². The molecule has 2 atom stereocenters. The van der Waals surface area contributed by atoms with Gasteiger partial charge in [-0.3, -0.25) is 0 Å². The van der Waals surface area contributed by atoms with Gasteiger partial charge in [0.1, 0.15) is 0 Å². The molecule has 0 amide bonds. The minimum Gasteiger partial charge on any atom is -0.382 e. The SMILES string of the molecule is CCCCCCCC(c1ccccc1)C(CCOCC)(OCC)C(OCCC)(OCCC)OCCC. The summed E-state index contributed by atoms with van der Waals surface area (Å²) in [6.07, 6.45) is 10.3. The predicted octanol–water partition coefficient (Wildman–Crippen LogP) is 8.27. The summed E-state index contributed by atoms with van der Waals surface area (Å²) in [4.78, 5) is 0. The van der Waals surface area contributed by atoms with Gasteiger partial charge in [0, 0.05) is 32.2 Å². The average Bonchev–Trinajstić information content (AvgIpc) is 2.91. The van der Waals surface area contributed by atoms with Gasteiger partial charge in [0.15, 0.2) is 5.60 Å². The molecule has 0 bridgehead atoms. The molecular weight excluding hydrogens is 452 g/mol. The molecule has 0 heterocycles. The van der Waals surface area contributed by atoms with Crippen molar-refractivity contribution in [3.63, 3.8) is 0 Å². The zero-order valence-electron chi connectivity index (χ0n) is 24.3. The van der Waals surface area contributed by atoms with E-state index < -0.39 is 11.6 Å². The molecule has 1 aromatic carbocycles. The summed E-state index contributed by atoms with van der Waals surface area (Å²) in [6.45, 7) is 16.1. The first-order chi connectivity index (χ1) is 17.6. The smallest absolute Gasteiger partial charge is 0.314 e. The van der Waals surface area contributed by atoms with Crippen LogP contribution < -0.4 is 0 Å². The molecule has 0 aliphatic rings. The van der Waals surface area contributed by atoms with Crippen LogP contribution in [-0.2, 0) is 23.7 Å². The number of unbranched alkanes of at least 4 members (excludes halogenated alkanes) is 4. The highest BCUT2D eigenvalue weighted by atomic mass is 16.9. The normalized spacial score (nSPS) is 14.6. The van der Waals surface area contributed by atoms with Crippen LogP contribution in [-0.4, -0.2) is 51.2 Å². The quantitative estimate of drug-likeness (QED) is 0.104. The summed E-state index contributed by atoms with van der Waals surface area (Å²) in [6, 6.07) is 10.7. The molecule has 0 aliphatic heterocycles. The first-order valence-corrected chi connectivity index (χ1v) is 14.8. The number of ether oxygens (including phenoxy) is 5. The van der Waals surface area contributed by atoms with Crippen molar-refractivity contribution in [1.29, 1.82) is 0 Å². The fraction of sp³-hybridized carbons (Fsp3) is 0.806. The first-order valence-electron chi connectivity index (χ1n) is 14.8. The Morgan fingerprint density at radius 3 is 1.69 bits per heavy atom. The zero-order valence-corrected chi connectivity index (χ0v) is 24.3. The molecular formula is C31H56O5. The molecule has 0 fully saturated rings. The Labute approximate surface area is 222 Å². The summed E-state index contributed by atoms with van der Waals surface area (Å²) in [5.41, 5.74) is 0.380. The van der Waals surface area contributed by atoms with Crippen molar-refractivity contribution in [3.05, 3.63) is 35.9 Å². The lowest BCUT2D eigenvalue weighted by atomic mass is 9.74. The van der Waals surface area contributed by atoms with Crippen LogP contribution in [0.4, 0.5) is 0 Å². The maximum Gasteiger partial charge on any atom is 0.314 e. The second kappa shape index (κ2) is 20.0. The van der Waals surface area contributed by atoms with E-state index in [-0.39, 0.29) is 5.92 Å². The number of rotatable bonds is 24. The molecule has 0 aliphatic carbocycles. The third-order valence-corrected chi connectivity index (χ3v) is 6.59. The van der Waals surface area contributed by atoms with Crippen molar-refractivity contribution < 1.29 is 23.7 Å². The molecule has 5 nitrogen and oxygen atoms in total. The summed E-state index contributed by atoms with van der Waals surface area (Å²) >= 11 is 0. The van der Waals surface area contributed by atoms with Crippen LogP contribution in [0.3, 0.4) is 0 Å². The van der Waals surface area contributed by atoms with Crippen LogP contribution in [0.1, 0.15) is 117 Å². The Kier molecular flexibility index (Phi) is 18.4. The first kappa shape index (κ1) is 33.0. The van der Waals surface area contributed by atoms with Crippen LogP contribution in [0.5, 0.6) is 0 Å². The Bertz CT molecular complexity index is 601. The maximum absolute atomic E-state index is 6.87. The fourth-order valence-corrected chi connectivity index (χ4v) is 4.93. The minimum atomic E-state index is -1.31. The Hall–Kier alpha value is -0.980. The monoisotopic (exact) mass is 508 g/mol. The highest BCUT2D eigenvalue weighted by Crippen LogP contribution is 2.49. The molecule has 210 valence electrons. The van der Waals surface area contributed by atoms with E-state index in [4.69, 9.17) is 23.7 Å².